The van der Waals surface area contributed by atoms with Crippen LogP contribution in [0.1, 0.15) is 38.5 Å². The second-order valence-corrected chi connectivity index (χ2v) is 7.88. The Hall–Kier alpha value is -0.810. The van der Waals surface area contributed by atoms with Crippen molar-refractivity contribution >= 4 is 34.8 Å². The standard InChI is InChI=1S/C19H27Cl2N3O/c20-16-8-7-15(14-17(16)21)22-19(25)18-6-2-5-11-24(18)13-12-23-9-3-1-4-10-23/h7-8,14,18H,1-6,9-13H2,(H,22,25). The Bertz CT molecular complexity index is 590. The van der Waals surface area contributed by atoms with Crippen molar-refractivity contribution in [2.45, 2.75) is 44.6 Å². The number of amides is 1. The van der Waals surface area contributed by atoms with Gasteiger partial charge in [-0.15, -0.1) is 0 Å². The van der Waals surface area contributed by atoms with Gasteiger partial charge in [-0.3, -0.25) is 9.69 Å². The van der Waals surface area contributed by atoms with Crippen LogP contribution >= 0.6 is 23.2 Å². The van der Waals surface area contributed by atoms with E-state index in [2.05, 4.69) is 15.1 Å². The lowest BCUT2D eigenvalue weighted by atomic mass is 10.0. The van der Waals surface area contributed by atoms with Gasteiger partial charge in [0, 0.05) is 18.8 Å². The molecule has 0 spiro atoms. The number of hydrogen-bond donors (Lipinski definition) is 1. The molecule has 2 saturated heterocycles. The minimum Gasteiger partial charge on any atom is -0.325 e. The number of carbonyl (C=O) groups excluding carboxylic acids is 1. The molecule has 0 aliphatic carbocycles. The molecule has 2 heterocycles. The summed E-state index contributed by atoms with van der Waals surface area (Å²) in [4.78, 5) is 17.7. The second kappa shape index (κ2) is 9.22. The van der Waals surface area contributed by atoms with Crippen LogP contribution in [0.25, 0.3) is 0 Å². The summed E-state index contributed by atoms with van der Waals surface area (Å²) >= 11 is 12.0. The molecule has 138 valence electrons. The summed E-state index contributed by atoms with van der Waals surface area (Å²) in [5, 5.41) is 3.97. The summed E-state index contributed by atoms with van der Waals surface area (Å²) in [6.07, 6.45) is 7.18. The lowest BCUT2D eigenvalue weighted by Gasteiger charge is -2.36. The van der Waals surface area contributed by atoms with Crippen molar-refractivity contribution in [1.29, 1.82) is 0 Å². The quantitative estimate of drug-likeness (QED) is 0.824. The summed E-state index contributed by atoms with van der Waals surface area (Å²) in [6.45, 7) is 5.45. The molecule has 1 aromatic carbocycles. The zero-order chi connectivity index (χ0) is 17.6. The highest BCUT2D eigenvalue weighted by atomic mass is 35.5. The van der Waals surface area contributed by atoms with E-state index in [1.807, 2.05) is 0 Å². The minimum absolute atomic E-state index is 0.0482. The average Bonchev–Trinajstić information content (AvgIpc) is 2.64. The van der Waals surface area contributed by atoms with Gasteiger partial charge in [-0.1, -0.05) is 36.0 Å². The largest absolute Gasteiger partial charge is 0.325 e. The normalized spacial score (nSPS) is 22.7. The molecule has 0 bridgehead atoms. The Labute approximate surface area is 160 Å². The Kier molecular flexibility index (Phi) is 7.00. The summed E-state index contributed by atoms with van der Waals surface area (Å²) in [7, 11) is 0. The molecular weight excluding hydrogens is 357 g/mol. The van der Waals surface area contributed by atoms with Crippen molar-refractivity contribution in [2.24, 2.45) is 0 Å². The Morgan fingerprint density at radius 2 is 1.76 bits per heavy atom. The van der Waals surface area contributed by atoms with Crippen molar-refractivity contribution in [3.8, 4) is 0 Å². The molecule has 25 heavy (non-hydrogen) atoms. The van der Waals surface area contributed by atoms with Crippen LogP contribution in [0.3, 0.4) is 0 Å². The number of benzene rings is 1. The molecule has 3 rings (SSSR count). The molecule has 0 aromatic heterocycles. The Morgan fingerprint density at radius 3 is 2.52 bits per heavy atom. The van der Waals surface area contributed by atoms with E-state index in [0.29, 0.717) is 15.7 Å². The van der Waals surface area contributed by atoms with E-state index in [1.165, 1.54) is 38.8 Å². The summed E-state index contributed by atoms with van der Waals surface area (Å²) in [5.41, 5.74) is 0.709. The van der Waals surface area contributed by atoms with Gasteiger partial charge in [-0.2, -0.15) is 0 Å². The number of nitrogens with one attached hydrogen (secondary N) is 1. The number of nitrogens with zero attached hydrogens (tertiary/aromatic N) is 2. The lowest BCUT2D eigenvalue weighted by molar-refractivity contribution is -0.122. The van der Waals surface area contributed by atoms with Crippen LogP contribution in [0.5, 0.6) is 0 Å². The van der Waals surface area contributed by atoms with E-state index in [-0.39, 0.29) is 11.9 Å². The molecule has 2 fully saturated rings. The zero-order valence-corrected chi connectivity index (χ0v) is 16.2. The fourth-order valence-corrected chi connectivity index (χ4v) is 4.11. The third-order valence-electron chi connectivity index (χ3n) is 5.26. The van der Waals surface area contributed by atoms with Gasteiger partial charge in [0.1, 0.15) is 0 Å². The molecule has 4 nitrogen and oxygen atoms in total. The number of halogens is 2. The molecule has 0 saturated carbocycles. The SMILES string of the molecule is O=C(Nc1ccc(Cl)c(Cl)c1)C1CCCCN1CCN1CCCCC1. The average molecular weight is 384 g/mol. The maximum absolute atomic E-state index is 12.8. The van der Waals surface area contributed by atoms with Crippen LogP contribution in [-0.2, 0) is 4.79 Å². The molecule has 2 aliphatic heterocycles. The van der Waals surface area contributed by atoms with Gasteiger partial charge in [-0.05, 0) is 63.5 Å². The number of likely N-dealkylation sites (tertiary alicyclic amines) is 2. The second-order valence-electron chi connectivity index (χ2n) is 7.07. The molecule has 1 unspecified atom stereocenters. The minimum atomic E-state index is -0.0482. The van der Waals surface area contributed by atoms with Crippen molar-refractivity contribution in [1.82, 2.24) is 9.80 Å². The summed E-state index contributed by atoms with van der Waals surface area (Å²) in [6, 6.07) is 5.18. The van der Waals surface area contributed by atoms with E-state index in [1.54, 1.807) is 18.2 Å². The van der Waals surface area contributed by atoms with Crippen LogP contribution < -0.4 is 5.32 Å². The number of rotatable bonds is 5. The van der Waals surface area contributed by atoms with Crippen molar-refractivity contribution in [3.05, 3.63) is 28.2 Å². The zero-order valence-electron chi connectivity index (χ0n) is 14.6. The van der Waals surface area contributed by atoms with Gasteiger partial charge in [-0.25, -0.2) is 0 Å². The highest BCUT2D eigenvalue weighted by Gasteiger charge is 2.29. The molecule has 2 aliphatic rings. The van der Waals surface area contributed by atoms with E-state index in [9.17, 15) is 4.79 Å². The van der Waals surface area contributed by atoms with E-state index in [4.69, 9.17) is 23.2 Å². The predicted octanol–water partition coefficient (Wildman–Crippen LogP) is 4.27. The van der Waals surface area contributed by atoms with Gasteiger partial charge in [0.05, 0.1) is 16.1 Å². The maximum Gasteiger partial charge on any atom is 0.241 e. The molecular formula is C19H27Cl2N3O. The predicted molar refractivity (Wildman–Crippen MR) is 105 cm³/mol. The van der Waals surface area contributed by atoms with Crippen LogP contribution in [0.15, 0.2) is 18.2 Å². The fourth-order valence-electron chi connectivity index (χ4n) is 3.81. The van der Waals surface area contributed by atoms with Gasteiger partial charge in [0.25, 0.3) is 0 Å². The first-order chi connectivity index (χ1) is 12.1. The van der Waals surface area contributed by atoms with Crippen LogP contribution in [-0.4, -0.2) is 54.5 Å². The number of carbonyl (C=O) groups is 1. The number of anilines is 1. The van der Waals surface area contributed by atoms with Gasteiger partial charge in [0.2, 0.25) is 5.91 Å². The van der Waals surface area contributed by atoms with Crippen LogP contribution in [0.4, 0.5) is 5.69 Å². The highest BCUT2D eigenvalue weighted by molar-refractivity contribution is 6.42. The first-order valence-corrected chi connectivity index (χ1v) is 10.1. The maximum atomic E-state index is 12.8. The van der Waals surface area contributed by atoms with Gasteiger partial charge < -0.3 is 10.2 Å². The lowest BCUT2D eigenvalue weighted by Crippen LogP contribution is -2.50. The van der Waals surface area contributed by atoms with Gasteiger partial charge in [0.15, 0.2) is 0 Å². The molecule has 1 atom stereocenters. The monoisotopic (exact) mass is 383 g/mol. The van der Waals surface area contributed by atoms with E-state index >= 15 is 0 Å². The fraction of sp³-hybridized carbons (Fsp3) is 0.632. The first kappa shape index (κ1) is 19.0. The Balaban J connectivity index is 1.57. The summed E-state index contributed by atoms with van der Waals surface area (Å²) < 4.78 is 0. The topological polar surface area (TPSA) is 35.6 Å². The van der Waals surface area contributed by atoms with Crippen molar-refractivity contribution in [2.75, 3.05) is 38.0 Å². The molecule has 1 amide bonds. The molecule has 6 heteroatoms. The van der Waals surface area contributed by atoms with Crippen molar-refractivity contribution in [3.63, 3.8) is 0 Å². The molecule has 1 N–H and O–H groups in total. The highest BCUT2D eigenvalue weighted by Crippen LogP contribution is 2.26. The van der Waals surface area contributed by atoms with Gasteiger partial charge >= 0.3 is 0 Å². The third kappa shape index (κ3) is 5.33. The number of piperidine rings is 2. The molecule has 0 radical (unpaired) electrons. The number of hydrogen-bond acceptors (Lipinski definition) is 3. The van der Waals surface area contributed by atoms with E-state index < -0.39 is 0 Å². The summed E-state index contributed by atoms with van der Waals surface area (Å²) in [5.74, 6) is 0.0664. The van der Waals surface area contributed by atoms with Crippen molar-refractivity contribution < 1.29 is 4.79 Å². The smallest absolute Gasteiger partial charge is 0.241 e. The van der Waals surface area contributed by atoms with Crippen LogP contribution in [0, 0.1) is 0 Å². The Morgan fingerprint density at radius 1 is 1.00 bits per heavy atom. The molecule has 1 aromatic rings. The first-order valence-electron chi connectivity index (χ1n) is 9.36. The third-order valence-corrected chi connectivity index (χ3v) is 5.99. The van der Waals surface area contributed by atoms with Crippen LogP contribution in [0.2, 0.25) is 10.0 Å². The van der Waals surface area contributed by atoms with E-state index in [0.717, 1.165) is 32.5 Å².